The molecule has 0 bridgehead atoms. The number of halogens is 6. The second-order valence-electron chi connectivity index (χ2n) is 9.67. The van der Waals surface area contributed by atoms with Crippen LogP contribution in [-0.4, -0.2) is 37.4 Å². The Hall–Kier alpha value is -4.43. The fraction of sp³-hybridized carbons (Fsp3) is 0.346. The molecule has 216 valence electrons. The topological polar surface area (TPSA) is 115 Å². The molecule has 0 aliphatic heterocycles. The van der Waals surface area contributed by atoms with Gasteiger partial charge < -0.3 is 14.6 Å². The summed E-state index contributed by atoms with van der Waals surface area (Å²) in [6, 6.07) is 3.71. The number of hydrogen-bond acceptors (Lipinski definition) is 7. The molecule has 1 aromatic carbocycles. The Labute approximate surface area is 227 Å². The molecule has 1 aliphatic carbocycles. The molecule has 3 aromatic heterocycles. The molecule has 0 saturated heterocycles. The molecular weight excluding hydrogens is 558 g/mol. The highest BCUT2D eigenvalue weighted by Crippen LogP contribution is 2.34. The first-order valence-electron chi connectivity index (χ1n) is 12.5. The third kappa shape index (κ3) is 6.18. The Bertz CT molecular complexity index is 1670. The van der Waals surface area contributed by atoms with Crippen LogP contribution in [0.5, 0.6) is 5.88 Å². The van der Waals surface area contributed by atoms with Gasteiger partial charge in [0.05, 0.1) is 35.4 Å². The molecule has 15 heteroatoms. The molecule has 41 heavy (non-hydrogen) atoms. The maximum Gasteiger partial charge on any atom is 0.423 e. The number of benzene rings is 1. The summed E-state index contributed by atoms with van der Waals surface area (Å²) >= 11 is 0. The Balaban J connectivity index is 1.34. The molecule has 5 rings (SSSR count). The summed E-state index contributed by atoms with van der Waals surface area (Å²) in [6.45, 7) is -2.83. The summed E-state index contributed by atoms with van der Waals surface area (Å²) < 4.78 is 85.5. The van der Waals surface area contributed by atoms with Gasteiger partial charge in [0.25, 0.3) is 11.1 Å². The number of rotatable bonds is 7. The molecule has 1 fully saturated rings. The van der Waals surface area contributed by atoms with Crippen LogP contribution in [0.1, 0.15) is 31.2 Å². The largest absolute Gasteiger partial charge is 0.423 e. The number of nitrogens with one attached hydrogen (secondary N) is 2. The molecular formula is C26H22F6N6O3. The SMILES string of the molecule is O=c1[nH]ncc(N[C@H]2CCC[C@@H](Cn3ccc4cc(-c5cnc(OC(F)F)cn5)c(F)cc4c3=O)C2)c1C(F)(F)F. The van der Waals surface area contributed by atoms with E-state index in [9.17, 15) is 31.5 Å². The van der Waals surface area contributed by atoms with Crippen LogP contribution in [0.15, 0.2) is 52.6 Å². The van der Waals surface area contributed by atoms with E-state index in [4.69, 9.17) is 0 Å². The molecule has 1 aliphatic rings. The van der Waals surface area contributed by atoms with Crippen LogP contribution in [0.4, 0.5) is 32.0 Å². The zero-order chi connectivity index (χ0) is 29.3. The Morgan fingerprint density at radius 2 is 1.93 bits per heavy atom. The lowest BCUT2D eigenvalue weighted by atomic mass is 9.85. The number of pyridine rings is 1. The number of hydrogen-bond donors (Lipinski definition) is 2. The van der Waals surface area contributed by atoms with E-state index in [0.717, 1.165) is 31.1 Å². The van der Waals surface area contributed by atoms with Gasteiger partial charge in [-0.25, -0.2) is 19.5 Å². The Kier molecular flexibility index (Phi) is 7.69. The monoisotopic (exact) mass is 580 g/mol. The van der Waals surface area contributed by atoms with E-state index in [1.54, 1.807) is 17.4 Å². The highest BCUT2D eigenvalue weighted by molar-refractivity contribution is 5.86. The van der Waals surface area contributed by atoms with Gasteiger partial charge in [-0.3, -0.25) is 9.59 Å². The fourth-order valence-electron chi connectivity index (χ4n) is 5.13. The number of alkyl halides is 5. The number of fused-ring (bicyclic) bond motifs is 1. The lowest BCUT2D eigenvalue weighted by molar-refractivity contribution is -0.138. The van der Waals surface area contributed by atoms with Crippen molar-refractivity contribution in [3.8, 4) is 17.1 Å². The van der Waals surface area contributed by atoms with Crippen molar-refractivity contribution >= 4 is 16.5 Å². The van der Waals surface area contributed by atoms with Crippen LogP contribution in [0.2, 0.25) is 0 Å². The number of nitrogens with zero attached hydrogens (tertiary/aromatic N) is 4. The van der Waals surface area contributed by atoms with Crippen LogP contribution >= 0.6 is 0 Å². The van der Waals surface area contributed by atoms with Crippen LogP contribution < -0.4 is 21.2 Å². The summed E-state index contributed by atoms with van der Waals surface area (Å²) in [5.41, 5.74) is -3.46. The van der Waals surface area contributed by atoms with E-state index in [1.807, 2.05) is 0 Å². The molecule has 9 nitrogen and oxygen atoms in total. The van der Waals surface area contributed by atoms with Gasteiger partial charge in [0.2, 0.25) is 5.88 Å². The second kappa shape index (κ2) is 11.2. The molecule has 0 amide bonds. The second-order valence-corrected chi connectivity index (χ2v) is 9.67. The van der Waals surface area contributed by atoms with Gasteiger partial charge in [0, 0.05) is 24.3 Å². The van der Waals surface area contributed by atoms with E-state index < -0.39 is 46.9 Å². The van der Waals surface area contributed by atoms with Crippen molar-refractivity contribution < 1.29 is 31.1 Å². The van der Waals surface area contributed by atoms with Gasteiger partial charge in [0.15, 0.2) is 0 Å². The number of anilines is 1. The average Bonchev–Trinajstić information content (AvgIpc) is 2.90. The Morgan fingerprint density at radius 3 is 2.63 bits per heavy atom. The average molecular weight is 580 g/mol. The highest BCUT2D eigenvalue weighted by atomic mass is 19.4. The zero-order valence-corrected chi connectivity index (χ0v) is 21.1. The lowest BCUT2D eigenvalue weighted by Crippen LogP contribution is -2.33. The summed E-state index contributed by atoms with van der Waals surface area (Å²) in [4.78, 5) is 32.6. The molecule has 3 heterocycles. The van der Waals surface area contributed by atoms with Crippen molar-refractivity contribution in [2.45, 2.75) is 51.1 Å². The lowest BCUT2D eigenvalue weighted by Gasteiger charge is -2.31. The van der Waals surface area contributed by atoms with Crippen molar-refractivity contribution in [2.24, 2.45) is 5.92 Å². The van der Waals surface area contributed by atoms with E-state index in [-0.39, 0.29) is 35.1 Å². The first-order chi connectivity index (χ1) is 19.5. The van der Waals surface area contributed by atoms with E-state index in [0.29, 0.717) is 24.6 Å². The quantitative estimate of drug-likeness (QED) is 0.297. The third-order valence-corrected chi connectivity index (χ3v) is 6.92. The molecule has 0 spiro atoms. The smallest absolute Gasteiger partial charge is 0.415 e. The maximum atomic E-state index is 15.0. The molecule has 0 radical (unpaired) electrons. The predicted octanol–water partition coefficient (Wildman–Crippen LogP) is 4.97. The third-order valence-electron chi connectivity index (χ3n) is 6.92. The summed E-state index contributed by atoms with van der Waals surface area (Å²) in [7, 11) is 0. The standard InChI is InChI=1S/C26H22F6N6O3/c27-18-8-16-14(7-17(18)19-9-34-21(11-33-19)41-25(28)29)4-5-38(24(16)40)12-13-2-1-3-15(6-13)36-20-10-35-37-23(39)22(20)26(30,31)32/h4-5,7-11,13,15,25H,1-3,6,12H2,(H2,36,37,39)/t13-,15+/m1/s1. The van der Waals surface area contributed by atoms with Crippen LogP contribution in [0, 0.1) is 11.7 Å². The highest BCUT2D eigenvalue weighted by Gasteiger charge is 2.38. The molecule has 2 N–H and O–H groups in total. The minimum absolute atomic E-state index is 0.0133. The zero-order valence-electron chi connectivity index (χ0n) is 21.1. The first-order valence-corrected chi connectivity index (χ1v) is 12.5. The van der Waals surface area contributed by atoms with Crippen molar-refractivity contribution in [3.05, 3.63) is 75.1 Å². The first kappa shape index (κ1) is 28.1. The van der Waals surface area contributed by atoms with E-state index >= 15 is 4.39 Å². The van der Waals surface area contributed by atoms with Crippen LogP contribution in [-0.2, 0) is 12.7 Å². The number of H-pyrrole nitrogens is 1. The molecule has 0 unspecified atom stereocenters. The minimum Gasteiger partial charge on any atom is -0.415 e. The Morgan fingerprint density at radius 1 is 1.12 bits per heavy atom. The van der Waals surface area contributed by atoms with Crippen molar-refractivity contribution in [1.29, 1.82) is 0 Å². The van der Waals surface area contributed by atoms with Gasteiger partial charge in [-0.15, -0.1) is 0 Å². The summed E-state index contributed by atoms with van der Waals surface area (Å²) in [5, 5.41) is 8.61. The number of aromatic nitrogens is 5. The van der Waals surface area contributed by atoms with Gasteiger partial charge in [-0.1, -0.05) is 6.42 Å². The van der Waals surface area contributed by atoms with Gasteiger partial charge in [-0.2, -0.15) is 27.1 Å². The van der Waals surface area contributed by atoms with Crippen molar-refractivity contribution in [3.63, 3.8) is 0 Å². The number of ether oxygens (including phenoxy) is 1. The maximum absolute atomic E-state index is 15.0. The molecule has 2 atom stereocenters. The van der Waals surface area contributed by atoms with Crippen molar-refractivity contribution in [2.75, 3.05) is 5.32 Å². The fourth-order valence-corrected chi connectivity index (χ4v) is 5.13. The van der Waals surface area contributed by atoms with E-state index in [1.165, 1.54) is 10.6 Å². The minimum atomic E-state index is -4.86. The number of aromatic amines is 1. The summed E-state index contributed by atoms with van der Waals surface area (Å²) in [6.07, 6.45) is 2.05. The predicted molar refractivity (Wildman–Crippen MR) is 135 cm³/mol. The molecule has 4 aromatic rings. The summed E-state index contributed by atoms with van der Waals surface area (Å²) in [5.74, 6) is -1.27. The van der Waals surface area contributed by atoms with Crippen LogP contribution in [0.3, 0.4) is 0 Å². The van der Waals surface area contributed by atoms with Gasteiger partial charge >= 0.3 is 12.8 Å². The molecule has 1 saturated carbocycles. The van der Waals surface area contributed by atoms with Gasteiger partial charge in [-0.05, 0) is 48.8 Å². The van der Waals surface area contributed by atoms with Crippen LogP contribution in [0.25, 0.3) is 22.0 Å². The van der Waals surface area contributed by atoms with Gasteiger partial charge in [0.1, 0.15) is 11.4 Å². The van der Waals surface area contributed by atoms with Crippen molar-refractivity contribution in [1.82, 2.24) is 24.7 Å². The van der Waals surface area contributed by atoms with E-state index in [2.05, 4.69) is 25.1 Å². The normalized spacial score (nSPS) is 17.6.